The van der Waals surface area contributed by atoms with Crippen molar-refractivity contribution in [1.29, 1.82) is 0 Å². The molecule has 0 saturated carbocycles. The molecule has 2 fully saturated rings. The smallest absolute Gasteiger partial charge is 0.410 e. The van der Waals surface area contributed by atoms with Crippen molar-refractivity contribution in [3.63, 3.8) is 0 Å². The van der Waals surface area contributed by atoms with E-state index >= 15 is 0 Å². The van der Waals surface area contributed by atoms with Crippen molar-refractivity contribution >= 4 is 28.0 Å². The SMILES string of the molecule is CC1(C)CC(CN2CCN(C(=O)Oc3cccc(Br)c3)C2=N[N+](=O)[O-])CO1. The lowest BCUT2D eigenvalue weighted by Gasteiger charge is -2.22. The fourth-order valence-electron chi connectivity index (χ4n) is 3.40. The number of carbonyl (C=O) groups is 1. The van der Waals surface area contributed by atoms with Crippen molar-refractivity contribution in [2.45, 2.75) is 25.9 Å². The molecule has 3 rings (SSSR count). The summed E-state index contributed by atoms with van der Waals surface area (Å²) in [7, 11) is 0. The molecule has 0 radical (unpaired) electrons. The van der Waals surface area contributed by atoms with Crippen LogP contribution in [0.1, 0.15) is 20.3 Å². The third kappa shape index (κ3) is 4.95. The van der Waals surface area contributed by atoms with Gasteiger partial charge in [-0.3, -0.25) is 0 Å². The molecule has 0 N–H and O–H groups in total. The Kier molecular flexibility index (Phi) is 5.66. The maximum Gasteiger partial charge on any atom is 0.422 e. The molecular formula is C17H21BrN4O5. The Morgan fingerprint density at radius 3 is 2.89 bits per heavy atom. The van der Waals surface area contributed by atoms with Crippen molar-refractivity contribution in [2.24, 2.45) is 11.0 Å². The van der Waals surface area contributed by atoms with Crippen molar-refractivity contribution in [1.82, 2.24) is 9.80 Å². The van der Waals surface area contributed by atoms with Gasteiger partial charge in [0, 0.05) is 23.5 Å². The lowest BCUT2D eigenvalue weighted by atomic mass is 9.97. The van der Waals surface area contributed by atoms with Gasteiger partial charge in [-0.25, -0.2) is 19.8 Å². The van der Waals surface area contributed by atoms with Crippen LogP contribution in [0.15, 0.2) is 33.8 Å². The highest BCUT2D eigenvalue weighted by atomic mass is 79.9. The summed E-state index contributed by atoms with van der Waals surface area (Å²) in [6.07, 6.45) is 0.150. The summed E-state index contributed by atoms with van der Waals surface area (Å²) >= 11 is 3.31. The van der Waals surface area contributed by atoms with Gasteiger partial charge in [0.1, 0.15) is 10.9 Å². The Morgan fingerprint density at radius 1 is 1.48 bits per heavy atom. The van der Waals surface area contributed by atoms with E-state index in [9.17, 15) is 14.9 Å². The molecule has 2 saturated heterocycles. The standard InChI is InChI=1S/C17H21BrN4O5/c1-17(2)9-12(11-26-17)10-20-6-7-21(15(20)19-22(24)25)16(23)27-14-5-3-4-13(18)8-14/h3-5,8,12H,6-7,9-11H2,1-2H3. The first-order valence-corrected chi connectivity index (χ1v) is 9.40. The van der Waals surface area contributed by atoms with E-state index in [1.807, 2.05) is 13.8 Å². The molecule has 2 aliphatic rings. The largest absolute Gasteiger partial charge is 0.422 e. The van der Waals surface area contributed by atoms with Crippen LogP contribution in [-0.4, -0.2) is 58.7 Å². The molecule has 0 spiro atoms. The summed E-state index contributed by atoms with van der Waals surface area (Å²) in [6.45, 7) is 5.89. The number of hydrogen-bond donors (Lipinski definition) is 0. The van der Waals surface area contributed by atoms with Gasteiger partial charge in [0.25, 0.3) is 5.96 Å². The van der Waals surface area contributed by atoms with Crippen LogP contribution in [-0.2, 0) is 4.74 Å². The van der Waals surface area contributed by atoms with Crippen LogP contribution in [0.2, 0.25) is 0 Å². The van der Waals surface area contributed by atoms with Crippen LogP contribution in [0, 0.1) is 16.0 Å². The summed E-state index contributed by atoms with van der Waals surface area (Å²) < 4.78 is 11.8. The molecule has 2 aliphatic heterocycles. The number of halogens is 1. The number of guanidine groups is 1. The first-order chi connectivity index (χ1) is 12.7. The van der Waals surface area contributed by atoms with Crippen LogP contribution in [0.5, 0.6) is 5.75 Å². The monoisotopic (exact) mass is 440 g/mol. The van der Waals surface area contributed by atoms with Gasteiger partial charge in [-0.1, -0.05) is 22.0 Å². The Morgan fingerprint density at radius 2 is 2.26 bits per heavy atom. The van der Waals surface area contributed by atoms with Gasteiger partial charge >= 0.3 is 6.09 Å². The minimum atomic E-state index is -0.790. The summed E-state index contributed by atoms with van der Waals surface area (Å²) in [6, 6.07) is 6.82. The molecular weight excluding hydrogens is 420 g/mol. The maximum absolute atomic E-state index is 12.5. The van der Waals surface area contributed by atoms with Crippen molar-refractivity contribution in [3.05, 3.63) is 38.9 Å². The van der Waals surface area contributed by atoms with Gasteiger partial charge < -0.3 is 14.4 Å². The lowest BCUT2D eigenvalue weighted by Crippen LogP contribution is -2.41. The summed E-state index contributed by atoms with van der Waals surface area (Å²) in [5, 5.41) is 13.6. The first kappa shape index (κ1) is 19.6. The topological polar surface area (TPSA) is 97.5 Å². The number of amides is 1. The Labute approximate surface area is 165 Å². The van der Waals surface area contributed by atoms with E-state index < -0.39 is 11.1 Å². The molecule has 1 amide bonds. The van der Waals surface area contributed by atoms with Gasteiger partial charge in [-0.2, -0.15) is 0 Å². The summed E-state index contributed by atoms with van der Waals surface area (Å²) in [4.78, 5) is 26.5. The molecule has 1 aromatic rings. The van der Waals surface area contributed by atoms with Crippen LogP contribution >= 0.6 is 15.9 Å². The minimum Gasteiger partial charge on any atom is -0.410 e. The van der Waals surface area contributed by atoms with Gasteiger partial charge in [-0.05, 0) is 38.5 Å². The van der Waals surface area contributed by atoms with Crippen molar-refractivity contribution < 1.29 is 19.3 Å². The predicted octanol–water partition coefficient (Wildman–Crippen LogP) is 2.93. The fourth-order valence-corrected chi connectivity index (χ4v) is 3.78. The molecule has 27 heavy (non-hydrogen) atoms. The quantitative estimate of drug-likeness (QED) is 0.527. The third-order valence-corrected chi connectivity index (χ3v) is 4.97. The maximum atomic E-state index is 12.5. The van der Waals surface area contributed by atoms with Crippen LogP contribution in [0.4, 0.5) is 4.79 Å². The zero-order valence-electron chi connectivity index (χ0n) is 15.1. The average Bonchev–Trinajstić information content (AvgIpc) is 3.10. The molecule has 0 aliphatic carbocycles. The van der Waals surface area contributed by atoms with E-state index in [-0.39, 0.29) is 24.0 Å². The molecule has 1 aromatic carbocycles. The molecule has 0 bridgehead atoms. The van der Waals surface area contributed by atoms with E-state index in [4.69, 9.17) is 9.47 Å². The van der Waals surface area contributed by atoms with Crippen LogP contribution in [0.25, 0.3) is 0 Å². The molecule has 1 atom stereocenters. The zero-order valence-corrected chi connectivity index (χ0v) is 16.7. The Hall–Kier alpha value is -2.20. The summed E-state index contributed by atoms with van der Waals surface area (Å²) in [5.74, 6) is 0.571. The van der Waals surface area contributed by atoms with Crippen LogP contribution < -0.4 is 4.74 Å². The van der Waals surface area contributed by atoms with E-state index in [1.165, 1.54) is 4.90 Å². The number of rotatable bonds is 4. The predicted molar refractivity (Wildman–Crippen MR) is 101 cm³/mol. The van der Waals surface area contributed by atoms with Gasteiger partial charge in [-0.15, -0.1) is 0 Å². The number of ether oxygens (including phenoxy) is 2. The van der Waals surface area contributed by atoms with Crippen molar-refractivity contribution in [2.75, 3.05) is 26.2 Å². The van der Waals surface area contributed by atoms with E-state index in [1.54, 1.807) is 29.2 Å². The van der Waals surface area contributed by atoms with Crippen molar-refractivity contribution in [3.8, 4) is 5.75 Å². The van der Waals surface area contributed by atoms with Gasteiger partial charge in [0.05, 0.1) is 18.8 Å². The third-order valence-electron chi connectivity index (χ3n) is 4.48. The highest BCUT2D eigenvalue weighted by Crippen LogP contribution is 2.30. The van der Waals surface area contributed by atoms with Gasteiger partial charge in [0.2, 0.25) is 0 Å². The fraction of sp³-hybridized carbons (Fsp3) is 0.529. The number of carbonyl (C=O) groups excluding carboxylic acids is 1. The molecule has 2 heterocycles. The number of benzene rings is 1. The molecule has 0 aromatic heterocycles. The van der Waals surface area contributed by atoms with E-state index in [0.717, 1.165) is 10.9 Å². The number of nitro groups is 1. The zero-order chi connectivity index (χ0) is 19.6. The highest BCUT2D eigenvalue weighted by Gasteiger charge is 2.39. The lowest BCUT2D eigenvalue weighted by molar-refractivity contribution is -0.486. The second kappa shape index (κ2) is 7.81. The van der Waals surface area contributed by atoms with E-state index in [0.29, 0.717) is 25.4 Å². The minimum absolute atomic E-state index is 0.00435. The second-order valence-electron chi connectivity index (χ2n) is 7.20. The second-order valence-corrected chi connectivity index (χ2v) is 8.12. The van der Waals surface area contributed by atoms with Gasteiger partial charge in [0.15, 0.2) is 5.03 Å². The Bertz CT molecular complexity index is 769. The normalized spacial score (nSPS) is 23.1. The van der Waals surface area contributed by atoms with E-state index in [2.05, 4.69) is 21.0 Å². The van der Waals surface area contributed by atoms with Crippen LogP contribution in [0.3, 0.4) is 0 Å². The highest BCUT2D eigenvalue weighted by molar-refractivity contribution is 9.10. The average molecular weight is 441 g/mol. The number of hydrogen-bond acceptors (Lipinski definition) is 5. The Balaban J connectivity index is 1.71. The number of nitrogens with zero attached hydrogens (tertiary/aromatic N) is 4. The summed E-state index contributed by atoms with van der Waals surface area (Å²) in [5.41, 5.74) is -0.204. The number of hydrazone groups is 1. The molecule has 9 nitrogen and oxygen atoms in total. The molecule has 146 valence electrons. The molecule has 10 heteroatoms. The molecule has 1 unspecified atom stereocenters. The first-order valence-electron chi connectivity index (χ1n) is 8.60.